The van der Waals surface area contributed by atoms with E-state index in [0.29, 0.717) is 28.2 Å². The van der Waals surface area contributed by atoms with Crippen molar-refractivity contribution in [1.82, 2.24) is 4.98 Å². The summed E-state index contributed by atoms with van der Waals surface area (Å²) in [6.45, 7) is 0. The van der Waals surface area contributed by atoms with E-state index in [1.54, 1.807) is 30.3 Å². The minimum absolute atomic E-state index is 0.257. The lowest BCUT2D eigenvalue weighted by Gasteiger charge is -2.11. The first-order valence-electron chi connectivity index (χ1n) is 6.76. The molecule has 1 aromatic heterocycles. The third-order valence-electron chi connectivity index (χ3n) is 3.34. The van der Waals surface area contributed by atoms with Gasteiger partial charge in [0.15, 0.2) is 11.5 Å². The van der Waals surface area contributed by atoms with Crippen LogP contribution in [0.3, 0.4) is 0 Å². The zero-order valence-electron chi connectivity index (χ0n) is 12.2. The molecule has 0 fully saturated rings. The molecular formula is C17H13NO5. The summed E-state index contributed by atoms with van der Waals surface area (Å²) in [7, 11) is 1.54. The number of pyridine rings is 1. The molecule has 0 aliphatic carbocycles. The molecule has 0 saturated carbocycles. The molecule has 0 aliphatic heterocycles. The van der Waals surface area contributed by atoms with Crippen LogP contribution in [-0.2, 0) is 0 Å². The number of nitrogens with zero attached hydrogens (tertiary/aromatic N) is 1. The van der Waals surface area contributed by atoms with Gasteiger partial charge in [0.1, 0.15) is 17.1 Å². The van der Waals surface area contributed by atoms with Gasteiger partial charge in [-0.25, -0.2) is 4.79 Å². The predicted octanol–water partition coefficient (Wildman–Crippen LogP) is 3.44. The topological polar surface area (TPSA) is 88.9 Å². The summed E-state index contributed by atoms with van der Waals surface area (Å²) in [5, 5.41) is 19.5. The molecule has 3 aromatic rings. The van der Waals surface area contributed by atoms with E-state index in [1.807, 2.05) is 6.07 Å². The molecule has 0 saturated heterocycles. The Morgan fingerprint density at radius 2 is 1.87 bits per heavy atom. The fourth-order valence-electron chi connectivity index (χ4n) is 2.21. The molecular weight excluding hydrogens is 298 g/mol. The third kappa shape index (κ3) is 2.74. The van der Waals surface area contributed by atoms with Gasteiger partial charge in [-0.2, -0.15) is 0 Å². The monoisotopic (exact) mass is 311 g/mol. The highest BCUT2D eigenvalue weighted by Gasteiger charge is 2.14. The number of para-hydroxylation sites is 2. The Hall–Kier alpha value is -3.28. The number of aromatic hydroxyl groups is 1. The number of hydrogen-bond acceptors (Lipinski definition) is 5. The number of carbonyl (C=O) groups is 1. The molecule has 23 heavy (non-hydrogen) atoms. The van der Waals surface area contributed by atoms with Gasteiger partial charge < -0.3 is 19.7 Å². The van der Waals surface area contributed by atoms with E-state index in [4.69, 9.17) is 14.6 Å². The van der Waals surface area contributed by atoms with E-state index < -0.39 is 5.97 Å². The van der Waals surface area contributed by atoms with Crippen LogP contribution in [0.5, 0.6) is 23.0 Å². The number of methoxy groups -OCH3 is 1. The van der Waals surface area contributed by atoms with Crippen molar-refractivity contribution in [3.63, 3.8) is 0 Å². The molecule has 1 heterocycles. The fraction of sp³-hybridized carbons (Fsp3) is 0.0588. The molecule has 0 spiro atoms. The highest BCUT2D eigenvalue weighted by Crippen LogP contribution is 2.34. The molecule has 0 unspecified atom stereocenters. The Morgan fingerprint density at radius 3 is 2.57 bits per heavy atom. The predicted molar refractivity (Wildman–Crippen MR) is 83.4 cm³/mol. The molecule has 2 aromatic carbocycles. The van der Waals surface area contributed by atoms with Crippen molar-refractivity contribution in [3.8, 4) is 23.0 Å². The molecule has 6 nitrogen and oxygen atoms in total. The van der Waals surface area contributed by atoms with Gasteiger partial charge in [-0.15, -0.1) is 0 Å². The molecule has 2 N–H and O–H groups in total. The Balaban J connectivity index is 2.05. The molecule has 0 bridgehead atoms. The van der Waals surface area contributed by atoms with Crippen molar-refractivity contribution >= 4 is 16.9 Å². The maximum absolute atomic E-state index is 11.1. The summed E-state index contributed by atoms with van der Waals surface area (Å²) in [6.07, 6.45) is 1.13. The maximum Gasteiger partial charge on any atom is 0.341 e. The van der Waals surface area contributed by atoms with Crippen LogP contribution < -0.4 is 9.47 Å². The lowest BCUT2D eigenvalue weighted by Crippen LogP contribution is -1.98. The second-order valence-corrected chi connectivity index (χ2v) is 4.76. The SMILES string of the molecule is COc1ccccc1Oc1ccc2ncc(C(=O)O)c(O)c2c1. The summed E-state index contributed by atoms with van der Waals surface area (Å²) >= 11 is 0. The quantitative estimate of drug-likeness (QED) is 0.767. The van der Waals surface area contributed by atoms with E-state index in [9.17, 15) is 9.90 Å². The first kappa shape index (κ1) is 14.6. The van der Waals surface area contributed by atoms with Crippen molar-refractivity contribution in [3.05, 3.63) is 54.2 Å². The lowest BCUT2D eigenvalue weighted by atomic mass is 10.1. The molecule has 0 amide bonds. The van der Waals surface area contributed by atoms with Crippen LogP contribution in [0.25, 0.3) is 10.9 Å². The van der Waals surface area contributed by atoms with E-state index in [1.165, 1.54) is 13.2 Å². The maximum atomic E-state index is 11.1. The minimum atomic E-state index is -1.24. The first-order chi connectivity index (χ1) is 11.1. The van der Waals surface area contributed by atoms with Crippen LogP contribution in [0.1, 0.15) is 10.4 Å². The van der Waals surface area contributed by atoms with Gasteiger partial charge in [0, 0.05) is 11.6 Å². The van der Waals surface area contributed by atoms with Crippen LogP contribution in [0.15, 0.2) is 48.7 Å². The highest BCUT2D eigenvalue weighted by molar-refractivity contribution is 5.98. The molecule has 6 heteroatoms. The molecule has 0 aliphatic rings. The first-order valence-corrected chi connectivity index (χ1v) is 6.76. The smallest absolute Gasteiger partial charge is 0.341 e. The lowest BCUT2D eigenvalue weighted by molar-refractivity contribution is 0.0693. The van der Waals surface area contributed by atoms with Crippen molar-refractivity contribution in [2.45, 2.75) is 0 Å². The van der Waals surface area contributed by atoms with Crippen molar-refractivity contribution in [2.75, 3.05) is 7.11 Å². The van der Waals surface area contributed by atoms with Crippen LogP contribution in [0, 0.1) is 0 Å². The average molecular weight is 311 g/mol. The van der Waals surface area contributed by atoms with Crippen LogP contribution in [0.4, 0.5) is 0 Å². The number of carboxylic acids is 1. The van der Waals surface area contributed by atoms with E-state index >= 15 is 0 Å². The van der Waals surface area contributed by atoms with Gasteiger partial charge in [-0.1, -0.05) is 12.1 Å². The summed E-state index contributed by atoms with van der Waals surface area (Å²) < 4.78 is 11.0. The van der Waals surface area contributed by atoms with E-state index in [0.717, 1.165) is 6.20 Å². The van der Waals surface area contributed by atoms with Crippen LogP contribution >= 0.6 is 0 Å². The summed E-state index contributed by atoms with van der Waals surface area (Å²) in [5.41, 5.74) is 0.215. The average Bonchev–Trinajstić information content (AvgIpc) is 2.56. The van der Waals surface area contributed by atoms with Crippen LogP contribution in [0.2, 0.25) is 0 Å². The largest absolute Gasteiger partial charge is 0.506 e. The molecule has 0 radical (unpaired) electrons. The number of aromatic carboxylic acids is 1. The zero-order chi connectivity index (χ0) is 16.4. The number of hydrogen-bond donors (Lipinski definition) is 2. The van der Waals surface area contributed by atoms with Crippen LogP contribution in [-0.4, -0.2) is 28.3 Å². The van der Waals surface area contributed by atoms with Gasteiger partial charge in [0.25, 0.3) is 0 Å². The van der Waals surface area contributed by atoms with Gasteiger partial charge in [-0.3, -0.25) is 4.98 Å². The second-order valence-electron chi connectivity index (χ2n) is 4.76. The number of aromatic nitrogens is 1. The van der Waals surface area contributed by atoms with Crippen molar-refractivity contribution in [1.29, 1.82) is 0 Å². The number of ether oxygens (including phenoxy) is 2. The third-order valence-corrected chi connectivity index (χ3v) is 3.34. The van der Waals surface area contributed by atoms with Gasteiger partial charge >= 0.3 is 5.97 Å². The Bertz CT molecular complexity index is 891. The number of rotatable bonds is 4. The Morgan fingerprint density at radius 1 is 1.13 bits per heavy atom. The van der Waals surface area contributed by atoms with Gasteiger partial charge in [0.05, 0.1) is 12.6 Å². The minimum Gasteiger partial charge on any atom is -0.506 e. The standard InChI is InChI=1S/C17H13NO5/c1-22-14-4-2-3-5-15(14)23-10-6-7-13-11(8-10)16(19)12(9-18-13)17(20)21/h2-9H,1H3,(H,18,19)(H,20,21). The second kappa shape index (κ2) is 5.84. The van der Waals surface area contributed by atoms with Crippen molar-refractivity contribution in [2.24, 2.45) is 0 Å². The zero-order valence-corrected chi connectivity index (χ0v) is 12.2. The van der Waals surface area contributed by atoms with E-state index in [-0.39, 0.29) is 11.3 Å². The van der Waals surface area contributed by atoms with Gasteiger partial charge in [-0.05, 0) is 30.3 Å². The fourth-order valence-corrected chi connectivity index (χ4v) is 2.21. The summed E-state index contributed by atoms with van der Waals surface area (Å²) in [4.78, 5) is 15.1. The number of benzene rings is 2. The Kier molecular flexibility index (Phi) is 3.72. The summed E-state index contributed by atoms with van der Waals surface area (Å²) in [6, 6.07) is 12.0. The van der Waals surface area contributed by atoms with E-state index in [2.05, 4.69) is 4.98 Å². The number of carboxylic acid groups (broad SMARTS) is 1. The molecule has 3 rings (SSSR count). The van der Waals surface area contributed by atoms with Gasteiger partial charge in [0.2, 0.25) is 0 Å². The molecule has 0 atom stereocenters. The Labute approximate surface area is 131 Å². The molecule has 116 valence electrons. The number of fused-ring (bicyclic) bond motifs is 1. The summed E-state index contributed by atoms with van der Waals surface area (Å²) in [5.74, 6) is -0.0759. The normalized spacial score (nSPS) is 10.5. The van der Waals surface area contributed by atoms with Crippen molar-refractivity contribution < 1.29 is 24.5 Å². The highest BCUT2D eigenvalue weighted by atomic mass is 16.5.